The molecule has 1 saturated heterocycles. The summed E-state index contributed by atoms with van der Waals surface area (Å²) in [4.78, 5) is 22.0. The Balaban J connectivity index is 1.99. The van der Waals surface area contributed by atoms with Crippen LogP contribution in [0.1, 0.15) is 6.42 Å². The molecule has 1 fully saturated rings. The number of rotatable bonds is 4. The Morgan fingerprint density at radius 1 is 1.60 bits per heavy atom. The second-order valence-electron chi connectivity index (χ2n) is 4.37. The first kappa shape index (κ1) is 14.7. The summed E-state index contributed by atoms with van der Waals surface area (Å²) >= 11 is 5.91. The zero-order chi connectivity index (χ0) is 14.5. The molecule has 7 nitrogen and oxygen atoms in total. The first-order chi connectivity index (χ1) is 9.56. The van der Waals surface area contributed by atoms with Gasteiger partial charge in [-0.25, -0.2) is 0 Å². The molecule has 0 saturated carbocycles. The molecule has 108 valence electrons. The van der Waals surface area contributed by atoms with Crippen LogP contribution in [0.15, 0.2) is 18.2 Å². The number of halogens is 1. The summed E-state index contributed by atoms with van der Waals surface area (Å²) in [6.45, 7) is 1.94. The molecule has 0 radical (unpaired) electrons. The maximum absolute atomic E-state index is 11.9. The van der Waals surface area contributed by atoms with Crippen LogP contribution in [0.3, 0.4) is 0 Å². The van der Waals surface area contributed by atoms with Crippen molar-refractivity contribution < 1.29 is 14.5 Å². The molecule has 8 heteroatoms. The normalized spacial score (nSPS) is 18.6. The van der Waals surface area contributed by atoms with Gasteiger partial charge in [-0.05, 0) is 6.07 Å². The Morgan fingerprint density at radius 3 is 3.05 bits per heavy atom. The molecule has 2 N–H and O–H groups in total. The van der Waals surface area contributed by atoms with Crippen molar-refractivity contribution in [2.45, 2.75) is 12.5 Å². The average molecular weight is 300 g/mol. The summed E-state index contributed by atoms with van der Waals surface area (Å²) in [5.41, 5.74) is 0.106. The molecule has 0 bridgehead atoms. The Kier molecular flexibility index (Phi) is 4.89. The molecule has 2 rings (SSSR count). The number of nitro benzene ring substituents is 1. The van der Waals surface area contributed by atoms with Gasteiger partial charge in [-0.2, -0.15) is 0 Å². The van der Waals surface area contributed by atoms with E-state index in [0.29, 0.717) is 13.2 Å². The fraction of sp³-hybridized carbons (Fsp3) is 0.417. The Labute approximate surface area is 120 Å². The van der Waals surface area contributed by atoms with Crippen LogP contribution in [-0.2, 0) is 9.53 Å². The summed E-state index contributed by atoms with van der Waals surface area (Å²) < 4.78 is 5.41. The first-order valence-electron chi connectivity index (χ1n) is 6.12. The van der Waals surface area contributed by atoms with E-state index in [2.05, 4.69) is 10.6 Å². The minimum atomic E-state index is -0.542. The van der Waals surface area contributed by atoms with Gasteiger partial charge in [-0.15, -0.1) is 0 Å². The van der Waals surface area contributed by atoms with Crippen LogP contribution in [0.4, 0.5) is 11.4 Å². The Hall–Kier alpha value is -1.70. The predicted molar refractivity (Wildman–Crippen MR) is 74.0 cm³/mol. The molecule has 1 atom stereocenters. The molecule has 1 aromatic carbocycles. The maximum Gasteiger partial charge on any atom is 0.271 e. The molecular weight excluding hydrogens is 286 g/mol. The van der Waals surface area contributed by atoms with Gasteiger partial charge in [-0.3, -0.25) is 14.9 Å². The Bertz CT molecular complexity index is 517. The zero-order valence-corrected chi connectivity index (χ0v) is 11.4. The number of benzene rings is 1. The van der Waals surface area contributed by atoms with Crippen LogP contribution in [-0.4, -0.2) is 36.6 Å². The van der Waals surface area contributed by atoms with E-state index < -0.39 is 4.92 Å². The standard InChI is InChI=1S/C12H14ClN3O4/c13-10-2-1-8(16(18)19)5-11(10)15-12(17)6-9-7-14-3-4-20-9/h1-2,5,9,14H,3-4,6-7H2,(H,15,17). The van der Waals surface area contributed by atoms with Gasteiger partial charge in [0.1, 0.15) is 0 Å². The number of morpholine rings is 1. The zero-order valence-electron chi connectivity index (χ0n) is 10.6. The number of nitrogens with one attached hydrogen (secondary N) is 2. The molecule has 0 spiro atoms. The van der Waals surface area contributed by atoms with Gasteiger partial charge < -0.3 is 15.4 Å². The number of nitrogens with zero attached hydrogens (tertiary/aromatic N) is 1. The van der Waals surface area contributed by atoms with Gasteiger partial charge in [-0.1, -0.05) is 11.6 Å². The number of carbonyl (C=O) groups excluding carboxylic acids is 1. The lowest BCUT2D eigenvalue weighted by Crippen LogP contribution is -2.40. The fourth-order valence-corrected chi connectivity index (χ4v) is 2.05. The number of anilines is 1. The van der Waals surface area contributed by atoms with E-state index in [1.165, 1.54) is 18.2 Å². The average Bonchev–Trinajstić information content (AvgIpc) is 2.42. The summed E-state index contributed by atoms with van der Waals surface area (Å²) in [6, 6.07) is 3.90. The number of amides is 1. The van der Waals surface area contributed by atoms with E-state index in [1.807, 2.05) is 0 Å². The second-order valence-corrected chi connectivity index (χ2v) is 4.78. The van der Waals surface area contributed by atoms with E-state index in [0.717, 1.165) is 6.54 Å². The topological polar surface area (TPSA) is 93.5 Å². The highest BCUT2D eigenvalue weighted by atomic mass is 35.5. The summed E-state index contributed by atoms with van der Waals surface area (Å²) in [7, 11) is 0. The number of hydrogen-bond acceptors (Lipinski definition) is 5. The van der Waals surface area contributed by atoms with Crippen LogP contribution in [0.2, 0.25) is 5.02 Å². The lowest BCUT2D eigenvalue weighted by Gasteiger charge is -2.23. The molecule has 0 aliphatic carbocycles. The fourth-order valence-electron chi connectivity index (χ4n) is 1.88. The molecule has 1 heterocycles. The summed E-state index contributed by atoms with van der Waals surface area (Å²) in [5, 5.41) is 16.6. The van der Waals surface area contributed by atoms with E-state index in [4.69, 9.17) is 16.3 Å². The van der Waals surface area contributed by atoms with Gasteiger partial charge in [0, 0.05) is 25.2 Å². The molecule has 1 unspecified atom stereocenters. The van der Waals surface area contributed by atoms with Crippen molar-refractivity contribution in [3.8, 4) is 0 Å². The lowest BCUT2D eigenvalue weighted by atomic mass is 10.2. The molecule has 1 aliphatic heterocycles. The maximum atomic E-state index is 11.9. The highest BCUT2D eigenvalue weighted by Crippen LogP contribution is 2.26. The summed E-state index contributed by atoms with van der Waals surface area (Å²) in [6.07, 6.45) is -0.0207. The van der Waals surface area contributed by atoms with Gasteiger partial charge in [0.15, 0.2) is 0 Å². The Morgan fingerprint density at radius 2 is 2.40 bits per heavy atom. The molecule has 1 aliphatic rings. The number of ether oxygens (including phenoxy) is 1. The monoisotopic (exact) mass is 299 g/mol. The van der Waals surface area contributed by atoms with Crippen molar-refractivity contribution in [1.82, 2.24) is 5.32 Å². The minimum absolute atomic E-state index is 0.125. The van der Waals surface area contributed by atoms with Crippen molar-refractivity contribution >= 4 is 28.9 Å². The van der Waals surface area contributed by atoms with Crippen LogP contribution in [0.25, 0.3) is 0 Å². The summed E-state index contributed by atoms with van der Waals surface area (Å²) in [5.74, 6) is -0.291. The number of non-ortho nitro benzene ring substituents is 1. The van der Waals surface area contributed by atoms with Crippen LogP contribution < -0.4 is 10.6 Å². The van der Waals surface area contributed by atoms with E-state index >= 15 is 0 Å². The number of nitro groups is 1. The third kappa shape index (κ3) is 3.89. The van der Waals surface area contributed by atoms with Gasteiger partial charge in [0.2, 0.25) is 5.91 Å². The van der Waals surface area contributed by atoms with Gasteiger partial charge in [0.05, 0.1) is 34.8 Å². The lowest BCUT2D eigenvalue weighted by molar-refractivity contribution is -0.384. The van der Waals surface area contributed by atoms with Crippen molar-refractivity contribution in [1.29, 1.82) is 0 Å². The molecular formula is C12H14ClN3O4. The van der Waals surface area contributed by atoms with E-state index in [9.17, 15) is 14.9 Å². The van der Waals surface area contributed by atoms with E-state index in [-0.39, 0.29) is 34.8 Å². The first-order valence-corrected chi connectivity index (χ1v) is 6.50. The predicted octanol–water partition coefficient (Wildman–Crippen LogP) is 1.57. The number of carbonyl (C=O) groups is 1. The third-order valence-corrected chi connectivity index (χ3v) is 3.18. The SMILES string of the molecule is O=C(CC1CNCCO1)Nc1cc([N+](=O)[O-])ccc1Cl. The van der Waals surface area contributed by atoms with Crippen molar-refractivity contribution in [3.05, 3.63) is 33.3 Å². The molecule has 1 aromatic rings. The van der Waals surface area contributed by atoms with Crippen molar-refractivity contribution in [2.24, 2.45) is 0 Å². The van der Waals surface area contributed by atoms with Crippen molar-refractivity contribution in [3.63, 3.8) is 0 Å². The second kappa shape index (κ2) is 6.65. The highest BCUT2D eigenvalue weighted by Gasteiger charge is 2.18. The van der Waals surface area contributed by atoms with Gasteiger partial charge in [0.25, 0.3) is 5.69 Å². The molecule has 20 heavy (non-hydrogen) atoms. The van der Waals surface area contributed by atoms with E-state index in [1.54, 1.807) is 0 Å². The minimum Gasteiger partial charge on any atom is -0.375 e. The van der Waals surface area contributed by atoms with Crippen LogP contribution in [0, 0.1) is 10.1 Å². The third-order valence-electron chi connectivity index (χ3n) is 2.85. The van der Waals surface area contributed by atoms with Crippen LogP contribution in [0.5, 0.6) is 0 Å². The smallest absolute Gasteiger partial charge is 0.271 e. The molecule has 1 amide bonds. The van der Waals surface area contributed by atoms with Gasteiger partial charge >= 0.3 is 0 Å². The largest absolute Gasteiger partial charge is 0.375 e. The van der Waals surface area contributed by atoms with Crippen LogP contribution >= 0.6 is 11.6 Å². The van der Waals surface area contributed by atoms with Crippen molar-refractivity contribution in [2.75, 3.05) is 25.0 Å². The number of hydrogen-bond donors (Lipinski definition) is 2. The quantitative estimate of drug-likeness (QED) is 0.650. The molecule has 0 aromatic heterocycles. The highest BCUT2D eigenvalue weighted by molar-refractivity contribution is 6.33.